The lowest BCUT2D eigenvalue weighted by molar-refractivity contribution is 0.415. The molecule has 9 rings (SSSR count). The van der Waals surface area contributed by atoms with Crippen molar-refractivity contribution in [2.75, 3.05) is 7.11 Å². The highest BCUT2D eigenvalue weighted by molar-refractivity contribution is 6.26. The molecule has 0 atom stereocenters. The summed E-state index contributed by atoms with van der Waals surface area (Å²) in [4.78, 5) is 4.98. The van der Waals surface area contributed by atoms with Crippen LogP contribution in [0.3, 0.4) is 0 Å². The van der Waals surface area contributed by atoms with E-state index in [1.54, 1.807) is 19.4 Å². The summed E-state index contributed by atoms with van der Waals surface area (Å²) >= 11 is 0. The predicted octanol–water partition coefficient (Wildman–Crippen LogP) is 10.6. The summed E-state index contributed by atoms with van der Waals surface area (Å²) < 4.78 is 35.9. The highest BCUT2D eigenvalue weighted by atomic mass is 16.5. The Kier molecular flexibility index (Phi) is 4.66. The van der Waals surface area contributed by atoms with Crippen molar-refractivity contribution >= 4 is 59.9 Å². The number of para-hydroxylation sites is 2. The van der Waals surface area contributed by atoms with E-state index in [1.807, 2.05) is 24.3 Å². The summed E-state index contributed by atoms with van der Waals surface area (Å²) in [7, 11) is 1.66. The number of ether oxygens (including phenoxy) is 1. The zero-order valence-corrected chi connectivity index (χ0v) is 25.6. The number of aryl methyl sites for hydroxylation is 1. The second kappa shape index (κ2) is 9.09. The van der Waals surface area contributed by atoms with Crippen LogP contribution in [0.15, 0.2) is 109 Å². The Hall–Kier alpha value is -5.35. The van der Waals surface area contributed by atoms with Gasteiger partial charge >= 0.3 is 0 Å². The van der Waals surface area contributed by atoms with Crippen molar-refractivity contribution in [1.82, 2.24) is 14.0 Å². The minimum absolute atomic E-state index is 0.00858. The number of pyridine rings is 1. The molecular weight excluding hydrogens is 550 g/mol. The number of methoxy groups -OCH3 is 1. The van der Waals surface area contributed by atoms with Gasteiger partial charge in [0, 0.05) is 54.3 Å². The number of fused-ring (bicyclic) bond motifs is 9. The van der Waals surface area contributed by atoms with Gasteiger partial charge < -0.3 is 9.14 Å². The van der Waals surface area contributed by atoms with E-state index < -0.39 is 6.85 Å². The lowest BCUT2D eigenvalue weighted by Crippen LogP contribution is -2.10. The molecule has 4 aromatic heterocycles. The second-order valence-electron chi connectivity index (χ2n) is 13.1. The standard InChI is InChI=1S/C41H33N3O/c1-24-19-39(42-23-34(24)25-13-15-26(16-14-25)41(2,3)4)43-36-20-27(45-5)17-18-29(36)32-21-33-31-11-8-10-30-28-9-6-7-12-35(28)44(40(30)31)38(33)22-37(32)43/h6-23H,1-5H3/i1D3. The average molecular weight is 587 g/mol. The molecule has 218 valence electrons. The first-order valence-electron chi connectivity index (χ1n) is 16.8. The molecule has 0 amide bonds. The number of hydrogen-bond donors (Lipinski definition) is 0. The van der Waals surface area contributed by atoms with Crippen LogP contribution in [0.5, 0.6) is 5.75 Å². The van der Waals surface area contributed by atoms with Gasteiger partial charge in [0.05, 0.1) is 34.7 Å². The van der Waals surface area contributed by atoms with Crippen LogP contribution in [-0.2, 0) is 5.41 Å². The van der Waals surface area contributed by atoms with Crippen LogP contribution in [0.25, 0.3) is 76.8 Å². The molecular formula is C41H33N3O. The lowest BCUT2D eigenvalue weighted by atomic mass is 9.86. The average Bonchev–Trinajstić information content (AvgIpc) is 3.70. The quantitative estimate of drug-likeness (QED) is 0.206. The zero-order chi connectivity index (χ0) is 33.1. The largest absolute Gasteiger partial charge is 0.497 e. The van der Waals surface area contributed by atoms with Crippen LogP contribution >= 0.6 is 0 Å². The monoisotopic (exact) mass is 586 g/mol. The van der Waals surface area contributed by atoms with Crippen molar-refractivity contribution < 1.29 is 8.85 Å². The molecule has 0 spiro atoms. The maximum Gasteiger partial charge on any atom is 0.137 e. The van der Waals surface area contributed by atoms with Crippen molar-refractivity contribution in [3.05, 3.63) is 120 Å². The Morgan fingerprint density at radius 3 is 2.16 bits per heavy atom. The summed E-state index contributed by atoms with van der Waals surface area (Å²) in [6.45, 7) is 4.15. The molecule has 4 heteroatoms. The van der Waals surface area contributed by atoms with Crippen LogP contribution in [-0.4, -0.2) is 21.1 Å². The van der Waals surface area contributed by atoms with Crippen molar-refractivity contribution in [1.29, 1.82) is 0 Å². The van der Waals surface area contributed by atoms with Crippen molar-refractivity contribution in [3.8, 4) is 22.7 Å². The van der Waals surface area contributed by atoms with E-state index in [2.05, 4.69) is 103 Å². The minimum Gasteiger partial charge on any atom is -0.497 e. The molecule has 0 aliphatic carbocycles. The fraction of sp³-hybridized carbons (Fsp3) is 0.146. The van der Waals surface area contributed by atoms with Crippen LogP contribution in [0.1, 0.15) is 36.0 Å². The summed E-state index contributed by atoms with van der Waals surface area (Å²) in [6, 6.07) is 35.6. The smallest absolute Gasteiger partial charge is 0.137 e. The summed E-state index contributed by atoms with van der Waals surface area (Å²) in [5, 5.41) is 6.95. The molecule has 0 unspecified atom stereocenters. The minimum atomic E-state index is -2.36. The van der Waals surface area contributed by atoms with Gasteiger partial charge in [0.15, 0.2) is 0 Å². The van der Waals surface area contributed by atoms with E-state index in [9.17, 15) is 0 Å². The maximum atomic E-state index is 8.59. The van der Waals surface area contributed by atoms with Crippen LogP contribution in [0.4, 0.5) is 0 Å². The molecule has 5 aromatic carbocycles. The van der Waals surface area contributed by atoms with Gasteiger partial charge in [0.1, 0.15) is 11.6 Å². The first-order chi connectivity index (χ1) is 23.0. The molecule has 0 N–H and O–H groups in total. The van der Waals surface area contributed by atoms with E-state index in [0.717, 1.165) is 38.4 Å². The second-order valence-corrected chi connectivity index (χ2v) is 13.1. The normalized spacial score (nSPS) is 13.8. The Balaban J connectivity index is 1.36. The topological polar surface area (TPSA) is 31.5 Å². The predicted molar refractivity (Wildman–Crippen MR) is 189 cm³/mol. The summed E-state index contributed by atoms with van der Waals surface area (Å²) in [5.41, 5.74) is 8.19. The first kappa shape index (κ1) is 23.1. The van der Waals surface area contributed by atoms with Gasteiger partial charge in [-0.15, -0.1) is 0 Å². The van der Waals surface area contributed by atoms with Gasteiger partial charge in [-0.25, -0.2) is 4.98 Å². The van der Waals surface area contributed by atoms with Gasteiger partial charge in [-0.3, -0.25) is 4.57 Å². The van der Waals surface area contributed by atoms with E-state index >= 15 is 0 Å². The third kappa shape index (κ3) is 3.63. The Morgan fingerprint density at radius 1 is 0.667 bits per heavy atom. The summed E-state index contributed by atoms with van der Waals surface area (Å²) in [5.74, 6) is 1.26. The van der Waals surface area contributed by atoms with E-state index in [1.165, 1.54) is 32.6 Å². The number of nitrogens with zero attached hydrogens (tertiary/aromatic N) is 3. The van der Waals surface area contributed by atoms with Gasteiger partial charge in [-0.2, -0.15) is 0 Å². The third-order valence-corrected chi connectivity index (χ3v) is 9.50. The molecule has 0 fully saturated rings. The zero-order valence-electron chi connectivity index (χ0n) is 28.6. The molecule has 4 heterocycles. The molecule has 45 heavy (non-hydrogen) atoms. The number of aromatic nitrogens is 3. The number of benzene rings is 5. The molecule has 0 saturated heterocycles. The summed E-state index contributed by atoms with van der Waals surface area (Å²) in [6.07, 6.45) is 1.72. The van der Waals surface area contributed by atoms with Gasteiger partial charge in [0.25, 0.3) is 0 Å². The fourth-order valence-corrected chi connectivity index (χ4v) is 7.24. The number of hydrogen-bond acceptors (Lipinski definition) is 2. The van der Waals surface area contributed by atoms with Gasteiger partial charge in [-0.1, -0.05) is 81.4 Å². The highest BCUT2D eigenvalue weighted by Gasteiger charge is 2.21. The molecule has 4 nitrogen and oxygen atoms in total. The van der Waals surface area contributed by atoms with Crippen LogP contribution in [0, 0.1) is 6.85 Å². The first-order valence-corrected chi connectivity index (χ1v) is 15.3. The van der Waals surface area contributed by atoms with Crippen LogP contribution in [0.2, 0.25) is 0 Å². The van der Waals surface area contributed by atoms with E-state index in [4.69, 9.17) is 13.8 Å². The molecule has 0 bridgehead atoms. The molecule has 0 saturated carbocycles. The molecule has 0 aliphatic heterocycles. The van der Waals surface area contributed by atoms with Crippen molar-refractivity contribution in [2.45, 2.75) is 33.0 Å². The van der Waals surface area contributed by atoms with Crippen molar-refractivity contribution in [2.24, 2.45) is 0 Å². The maximum absolute atomic E-state index is 8.59. The number of rotatable bonds is 3. The van der Waals surface area contributed by atoms with E-state index in [-0.39, 0.29) is 11.0 Å². The molecule has 0 radical (unpaired) electrons. The third-order valence-electron chi connectivity index (χ3n) is 9.50. The van der Waals surface area contributed by atoms with E-state index in [0.29, 0.717) is 17.1 Å². The molecule has 0 aliphatic rings. The Labute approximate surface area is 265 Å². The molecule has 9 aromatic rings. The highest BCUT2D eigenvalue weighted by Crippen LogP contribution is 2.43. The van der Waals surface area contributed by atoms with Gasteiger partial charge in [-0.05, 0) is 65.4 Å². The fourth-order valence-electron chi connectivity index (χ4n) is 7.24. The van der Waals surface area contributed by atoms with Gasteiger partial charge in [0.2, 0.25) is 0 Å². The SMILES string of the molecule is [2H]C([2H])([2H])c1cc(-n2c3cc(OC)ccc3c3cc4c5cccc6c7ccccc7n(c4cc32)c65)ncc1-c1ccc(C(C)(C)C)cc1. The van der Waals surface area contributed by atoms with Crippen LogP contribution < -0.4 is 4.74 Å². The Bertz CT molecular complexity index is 2730. The van der Waals surface area contributed by atoms with Crippen molar-refractivity contribution in [3.63, 3.8) is 0 Å². The Morgan fingerprint density at radius 2 is 1.38 bits per heavy atom. The lowest BCUT2D eigenvalue weighted by Gasteiger charge is -2.19.